The molecular weight excluding hydrogens is 264 g/mol. The van der Waals surface area contributed by atoms with Crippen LogP contribution in [0.15, 0.2) is 18.2 Å². The number of hydrogen-bond donors (Lipinski definition) is 2. The monoisotopic (exact) mass is 280 g/mol. The summed E-state index contributed by atoms with van der Waals surface area (Å²) in [5, 5.41) is 6.17. The third kappa shape index (κ3) is 2.96. The van der Waals surface area contributed by atoms with Gasteiger partial charge in [0.05, 0.1) is 6.04 Å². The predicted octanol–water partition coefficient (Wildman–Crippen LogP) is 0.736. The fourth-order valence-corrected chi connectivity index (χ4v) is 3.03. The molecule has 1 amide bonds. The van der Waals surface area contributed by atoms with Crippen molar-refractivity contribution in [3.8, 4) is 11.5 Å². The first-order valence-electron chi connectivity index (χ1n) is 6.30. The minimum Gasteiger partial charge on any atom is -0.454 e. The molecule has 2 aliphatic heterocycles. The third-order valence-electron chi connectivity index (χ3n) is 3.14. The smallest absolute Gasteiger partial charge is 0.238 e. The highest BCUT2D eigenvalue weighted by atomic mass is 32.2. The lowest BCUT2D eigenvalue weighted by Gasteiger charge is -2.22. The van der Waals surface area contributed by atoms with Crippen molar-refractivity contribution in [3.63, 3.8) is 0 Å². The Labute approximate surface area is 116 Å². The van der Waals surface area contributed by atoms with Gasteiger partial charge >= 0.3 is 0 Å². The van der Waals surface area contributed by atoms with E-state index in [1.807, 2.05) is 30.0 Å². The fourth-order valence-electron chi connectivity index (χ4n) is 2.10. The Morgan fingerprint density at radius 3 is 3.16 bits per heavy atom. The minimum atomic E-state index is -0.0761. The van der Waals surface area contributed by atoms with Crippen molar-refractivity contribution in [3.05, 3.63) is 23.8 Å². The molecule has 2 heterocycles. The van der Waals surface area contributed by atoms with Crippen LogP contribution in [0.5, 0.6) is 11.5 Å². The van der Waals surface area contributed by atoms with Gasteiger partial charge in [-0.15, -0.1) is 0 Å². The highest BCUT2D eigenvalue weighted by Gasteiger charge is 2.20. The largest absolute Gasteiger partial charge is 0.454 e. The van der Waals surface area contributed by atoms with Crippen LogP contribution in [0, 0.1) is 0 Å². The molecule has 0 spiro atoms. The molecule has 5 nitrogen and oxygen atoms in total. The zero-order valence-corrected chi connectivity index (χ0v) is 11.3. The Morgan fingerprint density at radius 1 is 1.42 bits per heavy atom. The normalized spacial score (nSPS) is 21.2. The maximum absolute atomic E-state index is 12.0. The number of hydrogen-bond acceptors (Lipinski definition) is 5. The van der Waals surface area contributed by atoms with Crippen LogP contribution in [-0.2, 0) is 11.3 Å². The Hall–Kier alpha value is -1.40. The van der Waals surface area contributed by atoms with E-state index >= 15 is 0 Å². The van der Waals surface area contributed by atoms with E-state index in [1.165, 1.54) is 0 Å². The maximum Gasteiger partial charge on any atom is 0.238 e. The van der Waals surface area contributed by atoms with E-state index in [0.717, 1.165) is 35.1 Å². The standard InChI is InChI=1S/C13H16N2O3S/c16-13(10-7-19-4-3-14-10)15-6-9-1-2-11-12(5-9)18-8-17-11/h1-2,5,10,14H,3-4,6-8H2,(H,15,16). The average Bonchev–Trinajstić information content (AvgIpc) is 2.93. The van der Waals surface area contributed by atoms with Gasteiger partial charge in [-0.05, 0) is 17.7 Å². The van der Waals surface area contributed by atoms with Gasteiger partial charge in [-0.1, -0.05) is 6.07 Å². The van der Waals surface area contributed by atoms with Gasteiger partial charge in [-0.3, -0.25) is 4.79 Å². The zero-order chi connectivity index (χ0) is 13.1. The highest BCUT2D eigenvalue weighted by molar-refractivity contribution is 7.99. The SMILES string of the molecule is O=C(NCc1ccc2c(c1)OCO2)C1CSCCN1. The lowest BCUT2D eigenvalue weighted by atomic mass is 10.2. The van der Waals surface area contributed by atoms with Crippen LogP contribution in [0.25, 0.3) is 0 Å². The molecule has 1 unspecified atom stereocenters. The van der Waals surface area contributed by atoms with Gasteiger partial charge in [0.2, 0.25) is 12.7 Å². The molecule has 6 heteroatoms. The number of carbonyl (C=O) groups excluding carboxylic acids is 1. The number of nitrogens with one attached hydrogen (secondary N) is 2. The van der Waals surface area contributed by atoms with Crippen LogP contribution < -0.4 is 20.1 Å². The van der Waals surface area contributed by atoms with Crippen LogP contribution in [0.1, 0.15) is 5.56 Å². The number of carbonyl (C=O) groups is 1. The van der Waals surface area contributed by atoms with Crippen LogP contribution in [0.3, 0.4) is 0 Å². The van der Waals surface area contributed by atoms with Crippen LogP contribution in [-0.4, -0.2) is 36.8 Å². The molecular formula is C13H16N2O3S. The summed E-state index contributed by atoms with van der Waals surface area (Å²) >= 11 is 1.81. The molecule has 0 bridgehead atoms. The summed E-state index contributed by atoms with van der Waals surface area (Å²) in [7, 11) is 0. The average molecular weight is 280 g/mol. The first-order chi connectivity index (χ1) is 9.33. The first kappa shape index (κ1) is 12.6. The molecule has 2 aliphatic rings. The van der Waals surface area contributed by atoms with E-state index in [1.54, 1.807) is 0 Å². The molecule has 1 fully saturated rings. The quantitative estimate of drug-likeness (QED) is 0.855. The summed E-state index contributed by atoms with van der Waals surface area (Å²) in [5.41, 5.74) is 1.01. The summed E-state index contributed by atoms with van der Waals surface area (Å²) < 4.78 is 10.6. The lowest BCUT2D eigenvalue weighted by Crippen LogP contribution is -2.48. The number of fused-ring (bicyclic) bond motifs is 1. The van der Waals surface area contributed by atoms with Gasteiger partial charge in [0.15, 0.2) is 11.5 Å². The number of benzene rings is 1. The number of thioether (sulfide) groups is 1. The molecule has 0 aromatic heterocycles. The van der Waals surface area contributed by atoms with Gasteiger partial charge < -0.3 is 20.1 Å². The van der Waals surface area contributed by atoms with Gasteiger partial charge in [-0.2, -0.15) is 11.8 Å². The summed E-state index contributed by atoms with van der Waals surface area (Å²) in [6.07, 6.45) is 0. The second-order valence-corrected chi connectivity index (χ2v) is 5.64. The van der Waals surface area contributed by atoms with Crippen molar-refractivity contribution in [1.82, 2.24) is 10.6 Å². The zero-order valence-electron chi connectivity index (χ0n) is 10.5. The molecule has 1 atom stereocenters. The molecule has 19 heavy (non-hydrogen) atoms. The molecule has 1 aromatic rings. The van der Waals surface area contributed by atoms with Crippen molar-refractivity contribution in [1.29, 1.82) is 0 Å². The molecule has 0 aliphatic carbocycles. The molecule has 3 rings (SSSR count). The van der Waals surface area contributed by atoms with Crippen molar-refractivity contribution in [2.45, 2.75) is 12.6 Å². The predicted molar refractivity (Wildman–Crippen MR) is 73.5 cm³/mol. The lowest BCUT2D eigenvalue weighted by molar-refractivity contribution is -0.122. The molecule has 0 saturated carbocycles. The van der Waals surface area contributed by atoms with E-state index in [4.69, 9.17) is 9.47 Å². The summed E-state index contributed by atoms with van der Waals surface area (Å²) in [5.74, 6) is 3.49. The van der Waals surface area contributed by atoms with E-state index in [-0.39, 0.29) is 18.7 Å². The fraction of sp³-hybridized carbons (Fsp3) is 0.462. The minimum absolute atomic E-state index is 0.0601. The van der Waals surface area contributed by atoms with Gasteiger partial charge in [0.1, 0.15) is 0 Å². The number of amides is 1. The Balaban J connectivity index is 1.55. The Bertz CT molecular complexity index is 475. The van der Waals surface area contributed by atoms with Crippen LogP contribution in [0.2, 0.25) is 0 Å². The van der Waals surface area contributed by atoms with Gasteiger partial charge in [0, 0.05) is 24.6 Å². The summed E-state index contributed by atoms with van der Waals surface area (Å²) in [4.78, 5) is 12.0. The van der Waals surface area contributed by atoms with E-state index in [9.17, 15) is 4.79 Å². The van der Waals surface area contributed by atoms with Crippen LogP contribution in [0.4, 0.5) is 0 Å². The van der Waals surface area contributed by atoms with Crippen molar-refractivity contribution >= 4 is 17.7 Å². The Kier molecular flexibility index (Phi) is 3.79. The third-order valence-corrected chi connectivity index (χ3v) is 4.20. The molecule has 1 saturated heterocycles. The molecule has 2 N–H and O–H groups in total. The van der Waals surface area contributed by atoms with Crippen molar-refractivity contribution in [2.75, 3.05) is 24.8 Å². The van der Waals surface area contributed by atoms with E-state index in [0.29, 0.717) is 6.54 Å². The second kappa shape index (κ2) is 5.71. The topological polar surface area (TPSA) is 59.6 Å². The molecule has 0 radical (unpaired) electrons. The summed E-state index contributed by atoms with van der Waals surface area (Å²) in [6.45, 7) is 1.68. The van der Waals surface area contributed by atoms with Crippen molar-refractivity contribution < 1.29 is 14.3 Å². The van der Waals surface area contributed by atoms with Crippen molar-refractivity contribution in [2.24, 2.45) is 0 Å². The maximum atomic E-state index is 12.0. The van der Waals surface area contributed by atoms with Gasteiger partial charge in [-0.25, -0.2) is 0 Å². The number of ether oxygens (including phenoxy) is 2. The number of rotatable bonds is 3. The Morgan fingerprint density at radius 2 is 2.32 bits per heavy atom. The second-order valence-electron chi connectivity index (χ2n) is 4.49. The highest BCUT2D eigenvalue weighted by Crippen LogP contribution is 2.32. The molecule has 1 aromatic carbocycles. The summed E-state index contributed by atoms with van der Waals surface area (Å²) in [6, 6.07) is 5.65. The van der Waals surface area contributed by atoms with E-state index in [2.05, 4.69) is 10.6 Å². The molecule has 102 valence electrons. The van der Waals surface area contributed by atoms with Crippen LogP contribution >= 0.6 is 11.8 Å². The van der Waals surface area contributed by atoms with E-state index < -0.39 is 0 Å². The first-order valence-corrected chi connectivity index (χ1v) is 7.46. The van der Waals surface area contributed by atoms with Gasteiger partial charge in [0.25, 0.3) is 0 Å².